The monoisotopic (exact) mass is 350 g/mol. The molecule has 0 aromatic heterocycles. The topological polar surface area (TPSA) is 47.9 Å². The quantitative estimate of drug-likeness (QED) is 0.642. The molecule has 1 heterocycles. The molecule has 3 rings (SSSR count). The van der Waals surface area contributed by atoms with Gasteiger partial charge in [-0.25, -0.2) is 5.43 Å². The molecule has 0 saturated carbocycles. The molecule has 0 atom stereocenters. The van der Waals surface area contributed by atoms with E-state index in [9.17, 15) is 4.79 Å². The van der Waals surface area contributed by atoms with Gasteiger partial charge in [-0.2, -0.15) is 5.10 Å². The molecule has 0 aliphatic carbocycles. The van der Waals surface area contributed by atoms with Crippen LogP contribution in [-0.4, -0.2) is 54.6 Å². The lowest BCUT2D eigenvalue weighted by Gasteiger charge is -2.34. The Morgan fingerprint density at radius 3 is 2.35 bits per heavy atom. The molecule has 136 valence electrons. The van der Waals surface area contributed by atoms with Gasteiger partial charge in [-0.15, -0.1) is 0 Å². The van der Waals surface area contributed by atoms with Crippen LogP contribution >= 0.6 is 0 Å². The molecule has 1 fully saturated rings. The zero-order valence-corrected chi connectivity index (χ0v) is 15.3. The lowest BCUT2D eigenvalue weighted by molar-refractivity contribution is -0.122. The van der Waals surface area contributed by atoms with Gasteiger partial charge in [0, 0.05) is 32.7 Å². The van der Waals surface area contributed by atoms with Gasteiger partial charge >= 0.3 is 0 Å². The van der Waals surface area contributed by atoms with Crippen LogP contribution in [0.4, 0.5) is 0 Å². The molecule has 2 aromatic carbocycles. The van der Waals surface area contributed by atoms with Crippen LogP contribution in [0.25, 0.3) is 0 Å². The second-order valence-electron chi connectivity index (χ2n) is 6.74. The molecule has 1 amide bonds. The van der Waals surface area contributed by atoms with Gasteiger partial charge in [-0.1, -0.05) is 60.2 Å². The molecule has 0 spiro atoms. The van der Waals surface area contributed by atoms with E-state index in [1.54, 1.807) is 6.21 Å². The molecule has 26 heavy (non-hydrogen) atoms. The Hall–Kier alpha value is -2.50. The highest BCUT2D eigenvalue weighted by molar-refractivity contribution is 5.83. The molecule has 1 aliphatic heterocycles. The zero-order chi connectivity index (χ0) is 18.2. The normalized spacial score (nSPS) is 16.0. The van der Waals surface area contributed by atoms with Gasteiger partial charge in [0.05, 0.1) is 12.8 Å². The summed E-state index contributed by atoms with van der Waals surface area (Å²) < 4.78 is 0. The van der Waals surface area contributed by atoms with Crippen molar-refractivity contribution in [1.29, 1.82) is 0 Å². The lowest BCUT2D eigenvalue weighted by Crippen LogP contribution is -2.48. The number of hydrazone groups is 1. The molecule has 2 aromatic rings. The molecular weight excluding hydrogens is 324 g/mol. The van der Waals surface area contributed by atoms with Crippen molar-refractivity contribution in [3.8, 4) is 0 Å². The number of amides is 1. The Morgan fingerprint density at radius 2 is 1.65 bits per heavy atom. The number of piperazine rings is 1. The highest BCUT2D eigenvalue weighted by atomic mass is 16.2. The van der Waals surface area contributed by atoms with E-state index in [1.165, 1.54) is 11.1 Å². The fraction of sp³-hybridized carbons (Fsp3) is 0.333. The van der Waals surface area contributed by atoms with Gasteiger partial charge in [0.15, 0.2) is 0 Å². The molecule has 1 N–H and O–H groups in total. The SMILES string of the molecule is Cc1ccc(CN2CCN(CC(=O)N/N=C\c3ccccc3)CC2)cc1. The van der Waals surface area contributed by atoms with Crippen molar-refractivity contribution in [2.75, 3.05) is 32.7 Å². The highest BCUT2D eigenvalue weighted by Gasteiger charge is 2.18. The first-order chi connectivity index (χ1) is 12.7. The summed E-state index contributed by atoms with van der Waals surface area (Å²) in [6.45, 7) is 7.25. The van der Waals surface area contributed by atoms with Crippen molar-refractivity contribution in [1.82, 2.24) is 15.2 Å². The van der Waals surface area contributed by atoms with Gasteiger partial charge in [0.1, 0.15) is 0 Å². The van der Waals surface area contributed by atoms with E-state index in [4.69, 9.17) is 0 Å². The summed E-state index contributed by atoms with van der Waals surface area (Å²) in [6, 6.07) is 18.4. The Labute approximate surface area is 155 Å². The Morgan fingerprint density at radius 1 is 1.00 bits per heavy atom. The van der Waals surface area contributed by atoms with E-state index in [0.717, 1.165) is 38.3 Å². The van der Waals surface area contributed by atoms with E-state index in [1.807, 2.05) is 30.3 Å². The van der Waals surface area contributed by atoms with Crippen molar-refractivity contribution in [3.05, 3.63) is 71.3 Å². The zero-order valence-electron chi connectivity index (χ0n) is 15.3. The fourth-order valence-corrected chi connectivity index (χ4v) is 3.01. The van der Waals surface area contributed by atoms with E-state index in [0.29, 0.717) is 6.54 Å². The highest BCUT2D eigenvalue weighted by Crippen LogP contribution is 2.09. The van der Waals surface area contributed by atoms with Crippen LogP contribution in [0.15, 0.2) is 59.7 Å². The summed E-state index contributed by atoms with van der Waals surface area (Å²) in [5.74, 6) is -0.0656. The average molecular weight is 350 g/mol. The molecule has 1 saturated heterocycles. The summed E-state index contributed by atoms with van der Waals surface area (Å²) in [5, 5.41) is 4.02. The molecule has 0 radical (unpaired) electrons. The summed E-state index contributed by atoms with van der Waals surface area (Å²) in [6.07, 6.45) is 1.66. The van der Waals surface area contributed by atoms with E-state index in [2.05, 4.69) is 51.5 Å². The number of rotatable bonds is 6. The van der Waals surface area contributed by atoms with E-state index < -0.39 is 0 Å². The lowest BCUT2D eigenvalue weighted by atomic mass is 10.1. The van der Waals surface area contributed by atoms with Crippen LogP contribution in [-0.2, 0) is 11.3 Å². The first-order valence-corrected chi connectivity index (χ1v) is 9.06. The summed E-state index contributed by atoms with van der Waals surface area (Å²) in [7, 11) is 0. The number of aryl methyl sites for hydroxylation is 1. The van der Waals surface area contributed by atoms with Gasteiger partial charge in [-0.05, 0) is 18.1 Å². The first-order valence-electron chi connectivity index (χ1n) is 9.06. The van der Waals surface area contributed by atoms with Gasteiger partial charge in [-0.3, -0.25) is 14.6 Å². The predicted octanol–water partition coefficient (Wildman–Crippen LogP) is 2.26. The third-order valence-corrected chi connectivity index (χ3v) is 4.56. The van der Waals surface area contributed by atoms with E-state index >= 15 is 0 Å². The maximum atomic E-state index is 12.0. The second-order valence-corrected chi connectivity index (χ2v) is 6.74. The third-order valence-electron chi connectivity index (χ3n) is 4.56. The number of hydrogen-bond acceptors (Lipinski definition) is 4. The van der Waals surface area contributed by atoms with E-state index in [-0.39, 0.29) is 5.91 Å². The summed E-state index contributed by atoms with van der Waals surface area (Å²) in [5.41, 5.74) is 6.22. The summed E-state index contributed by atoms with van der Waals surface area (Å²) >= 11 is 0. The molecule has 5 nitrogen and oxygen atoms in total. The third kappa shape index (κ3) is 5.79. The minimum Gasteiger partial charge on any atom is -0.297 e. The maximum Gasteiger partial charge on any atom is 0.254 e. The number of carbonyl (C=O) groups is 1. The van der Waals surface area contributed by atoms with Crippen LogP contribution in [0.3, 0.4) is 0 Å². The first kappa shape index (κ1) is 18.3. The smallest absolute Gasteiger partial charge is 0.254 e. The Balaban J connectivity index is 1.37. The largest absolute Gasteiger partial charge is 0.297 e. The second kappa shape index (κ2) is 9.27. The predicted molar refractivity (Wildman–Crippen MR) is 105 cm³/mol. The van der Waals surface area contributed by atoms with Crippen LogP contribution in [0, 0.1) is 6.92 Å². The Kier molecular flexibility index (Phi) is 6.52. The number of nitrogens with zero attached hydrogens (tertiary/aromatic N) is 3. The maximum absolute atomic E-state index is 12.0. The van der Waals surface area contributed by atoms with Crippen molar-refractivity contribution in [3.63, 3.8) is 0 Å². The molecular formula is C21H26N4O. The summed E-state index contributed by atoms with van der Waals surface area (Å²) in [4.78, 5) is 16.6. The van der Waals surface area contributed by atoms with Crippen molar-refractivity contribution in [2.24, 2.45) is 5.10 Å². The average Bonchev–Trinajstić information content (AvgIpc) is 2.66. The van der Waals surface area contributed by atoms with Crippen molar-refractivity contribution >= 4 is 12.1 Å². The van der Waals surface area contributed by atoms with Gasteiger partial charge in [0.25, 0.3) is 5.91 Å². The molecule has 0 unspecified atom stereocenters. The minimum absolute atomic E-state index is 0.0656. The fourth-order valence-electron chi connectivity index (χ4n) is 3.01. The van der Waals surface area contributed by atoms with Crippen LogP contribution in [0.5, 0.6) is 0 Å². The standard InChI is InChI=1S/C21H26N4O/c1-18-7-9-20(10-8-18)16-24-11-13-25(14-12-24)17-21(26)23-22-15-19-5-3-2-4-6-19/h2-10,15H,11-14,16-17H2,1H3,(H,23,26)/b22-15-. The number of nitrogens with one attached hydrogen (secondary N) is 1. The Bertz CT molecular complexity index is 719. The number of hydrogen-bond donors (Lipinski definition) is 1. The van der Waals surface area contributed by atoms with Crippen molar-refractivity contribution < 1.29 is 4.79 Å². The number of benzene rings is 2. The van der Waals surface area contributed by atoms with Gasteiger partial charge in [0.2, 0.25) is 0 Å². The van der Waals surface area contributed by atoms with Gasteiger partial charge < -0.3 is 0 Å². The van der Waals surface area contributed by atoms with Crippen LogP contribution in [0.1, 0.15) is 16.7 Å². The van der Waals surface area contributed by atoms with Crippen molar-refractivity contribution in [2.45, 2.75) is 13.5 Å². The molecule has 5 heteroatoms. The van der Waals surface area contributed by atoms with Crippen LogP contribution < -0.4 is 5.43 Å². The van der Waals surface area contributed by atoms with Crippen LogP contribution in [0.2, 0.25) is 0 Å². The number of carbonyl (C=O) groups excluding carboxylic acids is 1. The molecule has 1 aliphatic rings. The minimum atomic E-state index is -0.0656. The molecule has 0 bridgehead atoms.